The average Bonchev–Trinajstić information content (AvgIpc) is 2.74. The standard InChI is InChI=1S/C19H33N5O6.C2HF3O2/c1-12(2)16(18(29)30)24-17(28)13(11-15(26)27)23-14(25)9-7-5-3-4-6-8-10-22-19(20)21;3-2(4,5)1(6)7/h7,9,12-13,16H,3-6,8,10-11H2,1-2H3,(H,23,25)(H,24,28)(H,26,27)(H,29,30)(H4,20,21,22);(H,6,7)/b9-7+;/t13-,16-;/m0./s1. The van der Waals surface area contributed by atoms with E-state index in [0.717, 1.165) is 25.7 Å². The van der Waals surface area contributed by atoms with Gasteiger partial charge in [0.05, 0.1) is 6.42 Å². The quantitative estimate of drug-likeness (QED) is 0.0659. The summed E-state index contributed by atoms with van der Waals surface area (Å²) in [6.45, 7) is 3.79. The van der Waals surface area contributed by atoms with Gasteiger partial charge in [-0.25, -0.2) is 9.59 Å². The Hall–Kier alpha value is -3.85. The molecule has 212 valence electrons. The molecule has 0 radical (unpaired) electrons. The summed E-state index contributed by atoms with van der Waals surface area (Å²) in [4.78, 5) is 59.3. The summed E-state index contributed by atoms with van der Waals surface area (Å²) in [5.74, 6) is -7.11. The molecule has 0 fully saturated rings. The SMILES string of the molecule is CC(C)[C@H](NC(=O)[C@H](CC(=O)O)NC(=O)/C=C/CCCCCCN=C(N)N)C(=O)O.O=C(O)C(F)(F)F. The van der Waals surface area contributed by atoms with Crippen LogP contribution >= 0.6 is 0 Å². The third-order valence-electron chi connectivity index (χ3n) is 4.33. The van der Waals surface area contributed by atoms with Crippen LogP contribution < -0.4 is 22.1 Å². The molecule has 0 aromatic carbocycles. The number of guanidine groups is 1. The van der Waals surface area contributed by atoms with Gasteiger partial charge >= 0.3 is 24.1 Å². The number of nitrogens with zero attached hydrogens (tertiary/aromatic N) is 1. The summed E-state index contributed by atoms with van der Waals surface area (Å²) in [5, 5.41) is 29.8. The highest BCUT2D eigenvalue weighted by Gasteiger charge is 2.38. The van der Waals surface area contributed by atoms with E-state index in [1.165, 1.54) is 6.08 Å². The zero-order valence-corrected chi connectivity index (χ0v) is 20.5. The minimum atomic E-state index is -5.08. The highest BCUT2D eigenvalue weighted by molar-refractivity contribution is 5.95. The van der Waals surface area contributed by atoms with Gasteiger partial charge < -0.3 is 37.4 Å². The van der Waals surface area contributed by atoms with Crippen molar-refractivity contribution in [2.75, 3.05) is 6.54 Å². The molecule has 0 rings (SSSR count). The van der Waals surface area contributed by atoms with E-state index in [9.17, 15) is 32.3 Å². The maximum Gasteiger partial charge on any atom is 0.490 e. The van der Waals surface area contributed by atoms with Gasteiger partial charge in [-0.05, 0) is 31.3 Å². The molecule has 0 aromatic rings. The lowest BCUT2D eigenvalue weighted by molar-refractivity contribution is -0.192. The van der Waals surface area contributed by atoms with Crippen molar-refractivity contribution in [2.45, 2.75) is 70.6 Å². The number of carboxylic acids is 3. The molecular formula is C21H34F3N5O8. The van der Waals surface area contributed by atoms with Crippen LogP contribution in [0.5, 0.6) is 0 Å². The van der Waals surface area contributed by atoms with E-state index < -0.39 is 60.3 Å². The first-order valence-electron chi connectivity index (χ1n) is 11.1. The number of hydrogen-bond donors (Lipinski definition) is 7. The molecule has 2 atom stereocenters. The van der Waals surface area contributed by atoms with Crippen molar-refractivity contribution in [3.63, 3.8) is 0 Å². The van der Waals surface area contributed by atoms with E-state index >= 15 is 0 Å². The highest BCUT2D eigenvalue weighted by Crippen LogP contribution is 2.13. The molecule has 9 N–H and O–H groups in total. The first-order valence-corrected chi connectivity index (χ1v) is 11.1. The third kappa shape index (κ3) is 20.1. The number of nitrogens with two attached hydrogens (primary N) is 2. The van der Waals surface area contributed by atoms with E-state index in [1.54, 1.807) is 19.9 Å². The van der Waals surface area contributed by atoms with E-state index in [-0.39, 0.29) is 5.96 Å². The molecule has 0 bridgehead atoms. The Balaban J connectivity index is 0. The molecule has 0 aliphatic heterocycles. The van der Waals surface area contributed by atoms with Crippen LogP contribution in [0.15, 0.2) is 17.1 Å². The largest absolute Gasteiger partial charge is 0.490 e. The Kier molecular flexibility index (Phi) is 17.6. The van der Waals surface area contributed by atoms with Gasteiger partial charge in [-0.3, -0.25) is 19.4 Å². The summed E-state index contributed by atoms with van der Waals surface area (Å²) in [6.07, 6.45) is 1.35. The highest BCUT2D eigenvalue weighted by atomic mass is 19.4. The maximum atomic E-state index is 12.3. The maximum absolute atomic E-state index is 12.3. The monoisotopic (exact) mass is 541 g/mol. The van der Waals surface area contributed by atoms with Gasteiger partial charge in [0.1, 0.15) is 12.1 Å². The van der Waals surface area contributed by atoms with Crippen LogP contribution in [0.4, 0.5) is 13.2 Å². The topological polar surface area (TPSA) is 234 Å². The second kappa shape index (κ2) is 18.4. The zero-order chi connectivity index (χ0) is 29.2. The summed E-state index contributed by atoms with van der Waals surface area (Å²) >= 11 is 0. The van der Waals surface area contributed by atoms with Crippen LogP contribution in [-0.4, -0.2) is 75.8 Å². The zero-order valence-electron chi connectivity index (χ0n) is 20.5. The summed E-state index contributed by atoms with van der Waals surface area (Å²) in [6, 6.07) is -2.57. The van der Waals surface area contributed by atoms with Gasteiger partial charge in [-0.2, -0.15) is 13.2 Å². The number of carbonyl (C=O) groups excluding carboxylic acids is 2. The Morgan fingerprint density at radius 2 is 1.49 bits per heavy atom. The predicted octanol–water partition coefficient (Wildman–Crippen LogP) is 0.585. The molecule has 0 saturated heterocycles. The number of unbranched alkanes of at least 4 members (excludes halogenated alkanes) is 4. The minimum absolute atomic E-state index is 0.0708. The molecule has 37 heavy (non-hydrogen) atoms. The number of halogens is 3. The van der Waals surface area contributed by atoms with Gasteiger partial charge in [0.25, 0.3) is 0 Å². The van der Waals surface area contributed by atoms with Crippen molar-refractivity contribution in [3.05, 3.63) is 12.2 Å². The smallest absolute Gasteiger partial charge is 0.481 e. The number of alkyl halides is 3. The third-order valence-corrected chi connectivity index (χ3v) is 4.33. The van der Waals surface area contributed by atoms with E-state index in [4.69, 9.17) is 31.6 Å². The van der Waals surface area contributed by atoms with E-state index in [2.05, 4.69) is 15.6 Å². The lowest BCUT2D eigenvalue weighted by Gasteiger charge is -2.22. The number of nitrogens with one attached hydrogen (secondary N) is 2. The molecule has 0 aromatic heterocycles. The van der Waals surface area contributed by atoms with E-state index in [1.807, 2.05) is 0 Å². The van der Waals surface area contributed by atoms with Gasteiger partial charge in [0.15, 0.2) is 5.96 Å². The molecule has 0 heterocycles. The number of amides is 2. The Morgan fingerprint density at radius 3 is 1.92 bits per heavy atom. The molecular weight excluding hydrogens is 507 g/mol. The normalized spacial score (nSPS) is 12.6. The average molecular weight is 542 g/mol. The molecule has 0 unspecified atom stereocenters. The number of aliphatic carboxylic acids is 3. The number of rotatable bonds is 15. The lowest BCUT2D eigenvalue weighted by atomic mass is 10.0. The van der Waals surface area contributed by atoms with Gasteiger partial charge in [-0.15, -0.1) is 0 Å². The summed E-state index contributed by atoms with van der Waals surface area (Å²) in [7, 11) is 0. The van der Waals surface area contributed by atoms with Crippen molar-refractivity contribution < 1.29 is 52.5 Å². The van der Waals surface area contributed by atoms with E-state index in [0.29, 0.717) is 13.0 Å². The number of allylic oxidation sites excluding steroid dienone is 1. The number of hydrogen-bond acceptors (Lipinski definition) is 6. The van der Waals surface area contributed by atoms with Crippen LogP contribution in [0, 0.1) is 5.92 Å². The van der Waals surface area contributed by atoms with Crippen molar-refractivity contribution in [3.8, 4) is 0 Å². The first kappa shape index (κ1) is 35.3. The van der Waals surface area contributed by atoms with Crippen molar-refractivity contribution in [1.82, 2.24) is 10.6 Å². The summed E-state index contributed by atoms with van der Waals surface area (Å²) in [5.41, 5.74) is 10.5. The Morgan fingerprint density at radius 1 is 0.946 bits per heavy atom. The van der Waals surface area contributed by atoms with Crippen molar-refractivity contribution in [1.29, 1.82) is 0 Å². The predicted molar refractivity (Wildman–Crippen MR) is 125 cm³/mol. The molecule has 0 saturated carbocycles. The van der Waals surface area contributed by atoms with Gasteiger partial charge in [0, 0.05) is 6.54 Å². The van der Waals surface area contributed by atoms with Crippen LogP contribution in [-0.2, 0) is 24.0 Å². The molecule has 0 aliphatic rings. The second-order valence-corrected chi connectivity index (χ2v) is 7.94. The second-order valence-electron chi connectivity index (χ2n) is 7.94. The van der Waals surface area contributed by atoms with Crippen LogP contribution in [0.3, 0.4) is 0 Å². The lowest BCUT2D eigenvalue weighted by Crippen LogP contribution is -2.53. The molecule has 13 nitrogen and oxygen atoms in total. The van der Waals surface area contributed by atoms with Crippen LogP contribution in [0.2, 0.25) is 0 Å². The van der Waals surface area contributed by atoms with Crippen LogP contribution in [0.25, 0.3) is 0 Å². The molecule has 2 amide bonds. The number of carboxylic acid groups (broad SMARTS) is 3. The summed E-state index contributed by atoms with van der Waals surface area (Å²) < 4.78 is 31.7. The first-order chi connectivity index (χ1) is 17.0. The molecule has 0 spiro atoms. The Labute approximate surface area is 211 Å². The van der Waals surface area contributed by atoms with Gasteiger partial charge in [-0.1, -0.05) is 32.8 Å². The fourth-order valence-corrected chi connectivity index (χ4v) is 2.50. The van der Waals surface area contributed by atoms with Crippen LogP contribution in [0.1, 0.15) is 52.4 Å². The number of carbonyl (C=O) groups is 5. The van der Waals surface area contributed by atoms with Crippen molar-refractivity contribution >= 4 is 35.7 Å². The Bertz CT molecular complexity index is 827. The molecule has 16 heteroatoms. The fraction of sp³-hybridized carbons (Fsp3) is 0.619. The number of aliphatic imine (C=N–C) groups is 1. The van der Waals surface area contributed by atoms with Crippen molar-refractivity contribution in [2.24, 2.45) is 22.4 Å². The molecule has 0 aliphatic carbocycles. The fourth-order valence-electron chi connectivity index (χ4n) is 2.50. The van der Waals surface area contributed by atoms with Gasteiger partial charge in [0.2, 0.25) is 11.8 Å². The minimum Gasteiger partial charge on any atom is -0.481 e.